The molecule has 2 rings (SSSR count). The highest BCUT2D eigenvalue weighted by Gasteiger charge is 2.19. The fourth-order valence-corrected chi connectivity index (χ4v) is 2.30. The van der Waals surface area contributed by atoms with Gasteiger partial charge in [0.1, 0.15) is 5.52 Å². The average molecular weight is 304 g/mol. The van der Waals surface area contributed by atoms with Crippen molar-refractivity contribution in [1.82, 2.24) is 19.9 Å². The van der Waals surface area contributed by atoms with Crippen molar-refractivity contribution >= 4 is 22.9 Å². The number of benzene rings is 1. The Labute approximate surface area is 128 Å². The zero-order chi connectivity index (χ0) is 16.3. The maximum atomic E-state index is 12.6. The Morgan fingerprint density at radius 2 is 2.09 bits per heavy atom. The lowest BCUT2D eigenvalue weighted by atomic mass is 10.1. The SMILES string of the molecule is CC(C)CN(CCC(=O)O)C(=O)c1ccc2c(c1)nnn2C. The number of hydrogen-bond acceptors (Lipinski definition) is 4. The second-order valence-electron chi connectivity index (χ2n) is 5.71. The molecule has 1 N–H and O–H groups in total. The second kappa shape index (κ2) is 6.55. The number of fused-ring (bicyclic) bond motifs is 1. The molecule has 0 saturated carbocycles. The number of carboxylic acid groups (broad SMARTS) is 1. The molecule has 0 saturated heterocycles. The summed E-state index contributed by atoms with van der Waals surface area (Å²) >= 11 is 0. The summed E-state index contributed by atoms with van der Waals surface area (Å²) in [5.41, 5.74) is 1.99. The lowest BCUT2D eigenvalue weighted by Crippen LogP contribution is -2.36. The number of amides is 1. The number of aryl methyl sites for hydroxylation is 1. The highest BCUT2D eigenvalue weighted by molar-refractivity contribution is 5.97. The van der Waals surface area contributed by atoms with Crippen LogP contribution in [0.15, 0.2) is 18.2 Å². The highest BCUT2D eigenvalue weighted by Crippen LogP contribution is 2.15. The van der Waals surface area contributed by atoms with Crippen LogP contribution in [0.4, 0.5) is 0 Å². The molecule has 0 aliphatic carbocycles. The highest BCUT2D eigenvalue weighted by atomic mass is 16.4. The summed E-state index contributed by atoms with van der Waals surface area (Å²) in [7, 11) is 1.79. The molecule has 0 radical (unpaired) electrons. The Balaban J connectivity index is 2.24. The molecule has 0 aliphatic rings. The Morgan fingerprint density at radius 1 is 1.36 bits per heavy atom. The predicted molar refractivity (Wildman–Crippen MR) is 81.5 cm³/mol. The van der Waals surface area contributed by atoms with Crippen LogP contribution >= 0.6 is 0 Å². The van der Waals surface area contributed by atoms with Gasteiger partial charge in [-0.3, -0.25) is 9.59 Å². The Morgan fingerprint density at radius 3 is 2.73 bits per heavy atom. The van der Waals surface area contributed by atoms with Gasteiger partial charge in [0.15, 0.2) is 0 Å². The molecular formula is C15H20N4O3. The topological polar surface area (TPSA) is 88.3 Å². The van der Waals surface area contributed by atoms with Gasteiger partial charge in [-0.1, -0.05) is 19.1 Å². The Kier molecular flexibility index (Phi) is 4.75. The van der Waals surface area contributed by atoms with E-state index in [1.54, 1.807) is 34.8 Å². The summed E-state index contributed by atoms with van der Waals surface area (Å²) in [5.74, 6) is -0.827. The maximum absolute atomic E-state index is 12.6. The molecule has 1 aromatic carbocycles. The van der Waals surface area contributed by atoms with E-state index in [0.29, 0.717) is 17.6 Å². The second-order valence-corrected chi connectivity index (χ2v) is 5.71. The van der Waals surface area contributed by atoms with Crippen LogP contribution in [0.3, 0.4) is 0 Å². The zero-order valence-electron chi connectivity index (χ0n) is 13.0. The molecule has 1 heterocycles. The van der Waals surface area contributed by atoms with Gasteiger partial charge in [-0.05, 0) is 24.1 Å². The summed E-state index contributed by atoms with van der Waals surface area (Å²) < 4.78 is 1.64. The summed E-state index contributed by atoms with van der Waals surface area (Å²) in [5, 5.41) is 16.8. The van der Waals surface area contributed by atoms with Gasteiger partial charge in [0.25, 0.3) is 5.91 Å². The number of rotatable bonds is 6. The number of carbonyl (C=O) groups excluding carboxylic acids is 1. The third-order valence-corrected chi connectivity index (χ3v) is 3.33. The molecule has 0 atom stereocenters. The maximum Gasteiger partial charge on any atom is 0.305 e. The van der Waals surface area contributed by atoms with E-state index < -0.39 is 5.97 Å². The molecule has 0 aliphatic heterocycles. The third kappa shape index (κ3) is 3.60. The minimum atomic E-state index is -0.911. The van der Waals surface area contributed by atoms with Crippen LogP contribution in [0.1, 0.15) is 30.6 Å². The average Bonchev–Trinajstić information content (AvgIpc) is 2.83. The zero-order valence-corrected chi connectivity index (χ0v) is 13.0. The van der Waals surface area contributed by atoms with E-state index in [0.717, 1.165) is 5.52 Å². The predicted octanol–water partition coefficient (Wildman–Crippen LogP) is 1.54. The molecule has 7 nitrogen and oxygen atoms in total. The van der Waals surface area contributed by atoms with Crippen molar-refractivity contribution in [1.29, 1.82) is 0 Å². The summed E-state index contributed by atoms with van der Waals surface area (Å²) in [4.78, 5) is 25.0. The van der Waals surface area contributed by atoms with Gasteiger partial charge in [0, 0.05) is 25.7 Å². The fraction of sp³-hybridized carbons (Fsp3) is 0.467. The summed E-state index contributed by atoms with van der Waals surface area (Å²) in [6, 6.07) is 5.22. The molecule has 1 amide bonds. The van der Waals surface area contributed by atoms with E-state index in [1.807, 2.05) is 13.8 Å². The number of carbonyl (C=O) groups is 2. The van der Waals surface area contributed by atoms with Crippen molar-refractivity contribution in [3.8, 4) is 0 Å². The molecular weight excluding hydrogens is 284 g/mol. The van der Waals surface area contributed by atoms with Gasteiger partial charge in [0.2, 0.25) is 0 Å². The number of aliphatic carboxylic acids is 1. The number of nitrogens with zero attached hydrogens (tertiary/aromatic N) is 4. The van der Waals surface area contributed by atoms with Crippen molar-refractivity contribution in [2.45, 2.75) is 20.3 Å². The first-order chi connectivity index (χ1) is 10.4. The largest absolute Gasteiger partial charge is 0.481 e. The smallest absolute Gasteiger partial charge is 0.305 e. The van der Waals surface area contributed by atoms with Crippen molar-refractivity contribution in [2.75, 3.05) is 13.1 Å². The van der Waals surface area contributed by atoms with Gasteiger partial charge < -0.3 is 10.0 Å². The van der Waals surface area contributed by atoms with E-state index in [9.17, 15) is 9.59 Å². The standard InChI is InChI=1S/C15H20N4O3/c1-10(2)9-19(7-6-14(20)21)15(22)11-4-5-13-12(8-11)16-17-18(13)3/h4-5,8,10H,6-7,9H2,1-3H3,(H,20,21). The van der Waals surface area contributed by atoms with Crippen LogP contribution in [-0.4, -0.2) is 50.0 Å². The first-order valence-corrected chi connectivity index (χ1v) is 7.19. The molecule has 0 unspecified atom stereocenters. The first kappa shape index (κ1) is 15.9. The molecule has 0 spiro atoms. The number of aromatic nitrogens is 3. The minimum absolute atomic E-state index is 0.0636. The van der Waals surface area contributed by atoms with E-state index >= 15 is 0 Å². The molecule has 7 heteroatoms. The van der Waals surface area contributed by atoms with Crippen LogP contribution < -0.4 is 0 Å². The van der Waals surface area contributed by atoms with Gasteiger partial charge >= 0.3 is 5.97 Å². The summed E-state index contributed by atoms with van der Waals surface area (Å²) in [6.45, 7) is 4.70. The number of hydrogen-bond donors (Lipinski definition) is 1. The quantitative estimate of drug-likeness (QED) is 0.874. The molecule has 22 heavy (non-hydrogen) atoms. The fourth-order valence-electron chi connectivity index (χ4n) is 2.30. The normalized spacial score (nSPS) is 11.1. The monoisotopic (exact) mass is 304 g/mol. The van der Waals surface area contributed by atoms with Gasteiger partial charge in [-0.25, -0.2) is 4.68 Å². The van der Waals surface area contributed by atoms with Crippen molar-refractivity contribution < 1.29 is 14.7 Å². The molecule has 0 bridgehead atoms. The van der Waals surface area contributed by atoms with E-state index in [-0.39, 0.29) is 24.8 Å². The van der Waals surface area contributed by atoms with Gasteiger partial charge in [-0.2, -0.15) is 0 Å². The van der Waals surface area contributed by atoms with Gasteiger partial charge in [0.05, 0.1) is 11.9 Å². The van der Waals surface area contributed by atoms with Crippen LogP contribution in [0, 0.1) is 5.92 Å². The van der Waals surface area contributed by atoms with Crippen LogP contribution in [0.25, 0.3) is 11.0 Å². The first-order valence-electron chi connectivity index (χ1n) is 7.19. The molecule has 0 fully saturated rings. The lowest BCUT2D eigenvalue weighted by Gasteiger charge is -2.24. The minimum Gasteiger partial charge on any atom is -0.481 e. The third-order valence-electron chi connectivity index (χ3n) is 3.33. The van der Waals surface area contributed by atoms with E-state index in [4.69, 9.17) is 5.11 Å². The van der Waals surface area contributed by atoms with Gasteiger partial charge in [-0.15, -0.1) is 5.10 Å². The summed E-state index contributed by atoms with van der Waals surface area (Å²) in [6.07, 6.45) is -0.0636. The number of carboxylic acids is 1. The Bertz CT molecular complexity index is 693. The molecule has 118 valence electrons. The van der Waals surface area contributed by atoms with Crippen molar-refractivity contribution in [3.05, 3.63) is 23.8 Å². The van der Waals surface area contributed by atoms with Crippen LogP contribution in [0.5, 0.6) is 0 Å². The molecule has 2 aromatic rings. The lowest BCUT2D eigenvalue weighted by molar-refractivity contribution is -0.137. The van der Waals surface area contributed by atoms with Crippen molar-refractivity contribution in [3.63, 3.8) is 0 Å². The van der Waals surface area contributed by atoms with Crippen LogP contribution in [-0.2, 0) is 11.8 Å². The van der Waals surface area contributed by atoms with Crippen molar-refractivity contribution in [2.24, 2.45) is 13.0 Å². The van der Waals surface area contributed by atoms with E-state index in [1.165, 1.54) is 0 Å². The molecule has 1 aromatic heterocycles. The van der Waals surface area contributed by atoms with Crippen LogP contribution in [0.2, 0.25) is 0 Å². The van der Waals surface area contributed by atoms with E-state index in [2.05, 4.69) is 10.3 Å². The Hall–Kier alpha value is -2.44.